The molecule has 0 aliphatic heterocycles. The molecule has 0 N–H and O–H groups in total. The van der Waals surface area contributed by atoms with Gasteiger partial charge in [0.2, 0.25) is 0 Å². The first-order valence-corrected chi connectivity index (χ1v) is 3.41. The van der Waals surface area contributed by atoms with Gasteiger partial charge < -0.3 is 4.74 Å². The number of hydrogen-bond acceptors (Lipinski definition) is 1. The number of ether oxygens (including phenoxy) is 1. The third-order valence-electron chi connectivity index (χ3n) is 0.705. The van der Waals surface area contributed by atoms with Gasteiger partial charge in [-0.15, -0.1) is 0 Å². The Morgan fingerprint density at radius 3 is 1.90 bits per heavy atom. The van der Waals surface area contributed by atoms with Gasteiger partial charge in [0.15, 0.2) is 0 Å². The molecular formula is C9H16O. The summed E-state index contributed by atoms with van der Waals surface area (Å²) in [5, 5.41) is 0. The molecule has 0 fully saturated rings. The molecule has 0 atom stereocenters. The van der Waals surface area contributed by atoms with Gasteiger partial charge in [0.05, 0.1) is 6.26 Å². The van der Waals surface area contributed by atoms with Crippen molar-refractivity contribution in [1.82, 2.24) is 0 Å². The third-order valence-corrected chi connectivity index (χ3v) is 0.705. The van der Waals surface area contributed by atoms with Gasteiger partial charge >= 0.3 is 0 Å². The van der Waals surface area contributed by atoms with E-state index in [4.69, 9.17) is 4.74 Å². The molecule has 58 valence electrons. The molecule has 0 amide bonds. The second-order valence-electron chi connectivity index (χ2n) is 1.18. The van der Waals surface area contributed by atoms with E-state index in [9.17, 15) is 0 Å². The Morgan fingerprint density at radius 2 is 1.80 bits per heavy atom. The molecular weight excluding hydrogens is 124 g/mol. The van der Waals surface area contributed by atoms with Crippen LogP contribution in [0.3, 0.4) is 0 Å². The topological polar surface area (TPSA) is 9.23 Å². The maximum Gasteiger partial charge on any atom is 0.121 e. The molecule has 0 aliphatic carbocycles. The average molecular weight is 140 g/mol. The van der Waals surface area contributed by atoms with E-state index in [2.05, 4.69) is 13.2 Å². The van der Waals surface area contributed by atoms with Gasteiger partial charge in [0.25, 0.3) is 0 Å². The van der Waals surface area contributed by atoms with Crippen LogP contribution in [0.15, 0.2) is 37.3 Å². The molecule has 10 heavy (non-hydrogen) atoms. The largest absolute Gasteiger partial charge is 0.466 e. The van der Waals surface area contributed by atoms with Gasteiger partial charge in [-0.2, -0.15) is 0 Å². The number of allylic oxidation sites excluding steroid dienone is 2. The fraction of sp³-hybridized carbons (Fsp3) is 0.333. The first kappa shape index (κ1) is 11.8. The Balaban J connectivity index is 0. The standard InChI is InChI=1S/C7H10O.C2H6/c1-4-7(5-2)8-6-3;1-2/h4-6H,1,3H2,2H3;1-2H3/b7-5-;. The molecule has 0 rings (SSSR count). The first-order chi connectivity index (χ1) is 4.85. The minimum Gasteiger partial charge on any atom is -0.466 e. The van der Waals surface area contributed by atoms with Crippen LogP contribution in [0.25, 0.3) is 0 Å². The van der Waals surface area contributed by atoms with Crippen molar-refractivity contribution < 1.29 is 4.74 Å². The van der Waals surface area contributed by atoms with E-state index < -0.39 is 0 Å². The zero-order valence-electron chi connectivity index (χ0n) is 7.05. The Bertz CT molecular complexity index is 112. The van der Waals surface area contributed by atoms with Crippen LogP contribution in [-0.2, 0) is 4.74 Å². The Kier molecular flexibility index (Phi) is 12.8. The van der Waals surface area contributed by atoms with Crippen molar-refractivity contribution in [3.8, 4) is 0 Å². The first-order valence-electron chi connectivity index (χ1n) is 3.41. The van der Waals surface area contributed by atoms with E-state index >= 15 is 0 Å². The van der Waals surface area contributed by atoms with E-state index in [1.54, 1.807) is 6.08 Å². The molecule has 0 bridgehead atoms. The van der Waals surface area contributed by atoms with Crippen molar-refractivity contribution in [2.75, 3.05) is 0 Å². The summed E-state index contributed by atoms with van der Waals surface area (Å²) in [6.45, 7) is 12.8. The van der Waals surface area contributed by atoms with E-state index in [-0.39, 0.29) is 0 Å². The van der Waals surface area contributed by atoms with E-state index in [0.717, 1.165) is 5.76 Å². The molecule has 0 saturated carbocycles. The normalized spacial score (nSPS) is 8.90. The van der Waals surface area contributed by atoms with Crippen molar-refractivity contribution >= 4 is 0 Å². The lowest BCUT2D eigenvalue weighted by molar-refractivity contribution is 0.369. The summed E-state index contributed by atoms with van der Waals surface area (Å²) in [7, 11) is 0. The maximum absolute atomic E-state index is 4.85. The lowest BCUT2D eigenvalue weighted by atomic mass is 10.5. The van der Waals surface area contributed by atoms with E-state index in [0.29, 0.717) is 0 Å². The molecule has 0 aromatic heterocycles. The number of hydrogen-bond donors (Lipinski definition) is 0. The van der Waals surface area contributed by atoms with Crippen LogP contribution in [-0.4, -0.2) is 0 Å². The Morgan fingerprint density at radius 1 is 1.30 bits per heavy atom. The summed E-state index contributed by atoms with van der Waals surface area (Å²) in [5.41, 5.74) is 0. The average Bonchev–Trinajstić information content (AvgIpc) is 2.04. The van der Waals surface area contributed by atoms with Crippen LogP contribution in [0, 0.1) is 0 Å². The molecule has 1 heteroatoms. The van der Waals surface area contributed by atoms with Gasteiger partial charge in [-0.05, 0) is 19.1 Å². The van der Waals surface area contributed by atoms with Crippen molar-refractivity contribution in [1.29, 1.82) is 0 Å². The van der Waals surface area contributed by atoms with E-state index in [1.165, 1.54) is 6.26 Å². The molecule has 0 aliphatic rings. The van der Waals surface area contributed by atoms with Gasteiger partial charge in [-0.3, -0.25) is 0 Å². The highest BCUT2D eigenvalue weighted by molar-refractivity contribution is 5.07. The highest BCUT2D eigenvalue weighted by atomic mass is 16.5. The van der Waals surface area contributed by atoms with Crippen LogP contribution in [0.4, 0.5) is 0 Å². The maximum atomic E-state index is 4.85. The zero-order valence-corrected chi connectivity index (χ0v) is 7.05. The minimum absolute atomic E-state index is 0.736. The quantitative estimate of drug-likeness (QED) is 0.432. The molecule has 0 spiro atoms. The Hall–Kier alpha value is -0.980. The van der Waals surface area contributed by atoms with Gasteiger partial charge in [-0.25, -0.2) is 0 Å². The molecule has 0 heterocycles. The highest BCUT2D eigenvalue weighted by Gasteiger charge is 1.80. The molecule has 0 aromatic rings. The van der Waals surface area contributed by atoms with E-state index in [1.807, 2.05) is 26.8 Å². The predicted octanol–water partition coefficient (Wildman–Crippen LogP) is 3.26. The number of rotatable bonds is 3. The highest BCUT2D eigenvalue weighted by Crippen LogP contribution is 1.95. The van der Waals surface area contributed by atoms with Gasteiger partial charge in [0.1, 0.15) is 5.76 Å². The van der Waals surface area contributed by atoms with Crippen LogP contribution in [0.2, 0.25) is 0 Å². The van der Waals surface area contributed by atoms with Crippen LogP contribution in [0.1, 0.15) is 20.8 Å². The predicted molar refractivity (Wildman–Crippen MR) is 46.6 cm³/mol. The summed E-state index contributed by atoms with van der Waals surface area (Å²) in [6.07, 6.45) is 4.81. The van der Waals surface area contributed by atoms with Crippen molar-refractivity contribution in [3.05, 3.63) is 37.3 Å². The van der Waals surface area contributed by atoms with Crippen LogP contribution >= 0.6 is 0 Å². The minimum atomic E-state index is 0.736. The van der Waals surface area contributed by atoms with Crippen molar-refractivity contribution in [2.24, 2.45) is 0 Å². The molecule has 0 aromatic carbocycles. The fourth-order valence-corrected chi connectivity index (χ4v) is 0.330. The summed E-state index contributed by atoms with van der Waals surface area (Å²) >= 11 is 0. The summed E-state index contributed by atoms with van der Waals surface area (Å²) in [5.74, 6) is 0.736. The summed E-state index contributed by atoms with van der Waals surface area (Å²) < 4.78 is 4.85. The second kappa shape index (κ2) is 10.9. The summed E-state index contributed by atoms with van der Waals surface area (Å²) in [6, 6.07) is 0. The van der Waals surface area contributed by atoms with Crippen molar-refractivity contribution in [3.63, 3.8) is 0 Å². The van der Waals surface area contributed by atoms with Crippen LogP contribution in [0.5, 0.6) is 0 Å². The molecule has 0 saturated heterocycles. The van der Waals surface area contributed by atoms with Gasteiger partial charge in [0, 0.05) is 0 Å². The molecule has 0 unspecified atom stereocenters. The SMILES string of the molecule is C=CO/C(C=C)=C\C.CC. The third kappa shape index (κ3) is 7.02. The summed E-state index contributed by atoms with van der Waals surface area (Å²) in [4.78, 5) is 0. The molecule has 0 radical (unpaired) electrons. The second-order valence-corrected chi connectivity index (χ2v) is 1.18. The Labute approximate surface area is 63.7 Å². The van der Waals surface area contributed by atoms with Crippen LogP contribution < -0.4 is 0 Å². The van der Waals surface area contributed by atoms with Crippen molar-refractivity contribution in [2.45, 2.75) is 20.8 Å². The lowest BCUT2D eigenvalue weighted by Crippen LogP contribution is -1.75. The smallest absolute Gasteiger partial charge is 0.121 e. The van der Waals surface area contributed by atoms with Gasteiger partial charge in [-0.1, -0.05) is 27.0 Å². The zero-order chi connectivity index (χ0) is 8.41. The lowest BCUT2D eigenvalue weighted by Gasteiger charge is -1.94. The fourth-order valence-electron chi connectivity index (χ4n) is 0.330. The monoisotopic (exact) mass is 140 g/mol. The molecule has 1 nitrogen and oxygen atoms in total.